The molecule has 1 saturated heterocycles. The number of hydrogen-bond donors (Lipinski definition) is 1. The van der Waals surface area contributed by atoms with E-state index in [2.05, 4.69) is 4.74 Å². The molecule has 1 aliphatic rings. The number of hydrogen-bond acceptors (Lipinski definition) is 8. The summed E-state index contributed by atoms with van der Waals surface area (Å²) in [5.74, 6) is -1.93. The molecule has 1 aromatic rings. The Kier molecular flexibility index (Phi) is 6.23. The second kappa shape index (κ2) is 8.39. The van der Waals surface area contributed by atoms with E-state index in [4.69, 9.17) is 14.6 Å². The average Bonchev–Trinajstić information content (AvgIpc) is 2.87. The van der Waals surface area contributed by atoms with Gasteiger partial charge < -0.3 is 19.3 Å². The van der Waals surface area contributed by atoms with Crippen molar-refractivity contribution in [1.29, 1.82) is 0 Å². The van der Waals surface area contributed by atoms with Gasteiger partial charge in [-0.2, -0.15) is 0 Å². The van der Waals surface area contributed by atoms with Crippen LogP contribution in [0.2, 0.25) is 0 Å². The van der Waals surface area contributed by atoms with E-state index in [9.17, 15) is 19.2 Å². The normalized spacial score (nSPS) is 15.3. The van der Waals surface area contributed by atoms with Gasteiger partial charge in [0.05, 0.1) is 19.1 Å². The predicted molar refractivity (Wildman–Crippen MR) is 90.8 cm³/mol. The maximum atomic E-state index is 12.3. The molecule has 0 bridgehead atoms. The number of nitrogens with zero attached hydrogens (tertiary/aromatic N) is 1. The second-order valence-electron chi connectivity index (χ2n) is 4.94. The summed E-state index contributed by atoms with van der Waals surface area (Å²) in [7, 11) is 2.55. The van der Waals surface area contributed by atoms with E-state index in [1.165, 1.54) is 25.3 Å². The fourth-order valence-electron chi connectivity index (χ4n) is 2.01. The van der Waals surface area contributed by atoms with Gasteiger partial charge in [-0.05, 0) is 35.5 Å². The minimum absolute atomic E-state index is 0.139. The maximum absolute atomic E-state index is 12.3. The molecule has 0 aromatic heterocycles. The largest absolute Gasteiger partial charge is 0.493 e. The lowest BCUT2D eigenvalue weighted by molar-refractivity contribution is -0.143. The first-order valence-electron chi connectivity index (χ1n) is 7.20. The number of carboxylic acids is 1. The molecule has 0 unspecified atom stereocenters. The fourth-order valence-corrected chi connectivity index (χ4v) is 2.85. The minimum Gasteiger partial charge on any atom is -0.493 e. The molecular formula is C16H15NO8S. The summed E-state index contributed by atoms with van der Waals surface area (Å²) >= 11 is 0.702. The van der Waals surface area contributed by atoms with Gasteiger partial charge in [0.15, 0.2) is 18.1 Å². The highest BCUT2D eigenvalue weighted by Crippen LogP contribution is 2.34. The Morgan fingerprint density at radius 1 is 1.23 bits per heavy atom. The van der Waals surface area contributed by atoms with Gasteiger partial charge in [0.25, 0.3) is 11.1 Å². The molecular weight excluding hydrogens is 366 g/mol. The van der Waals surface area contributed by atoms with E-state index in [0.29, 0.717) is 17.3 Å². The zero-order valence-corrected chi connectivity index (χ0v) is 14.7. The topological polar surface area (TPSA) is 119 Å². The quantitative estimate of drug-likeness (QED) is 0.551. The molecule has 138 valence electrons. The molecule has 26 heavy (non-hydrogen) atoms. The molecule has 9 nitrogen and oxygen atoms in total. The summed E-state index contributed by atoms with van der Waals surface area (Å²) in [6.07, 6.45) is 1.46. The van der Waals surface area contributed by atoms with Crippen molar-refractivity contribution in [3.8, 4) is 11.5 Å². The monoisotopic (exact) mass is 381 g/mol. The summed E-state index contributed by atoms with van der Waals surface area (Å²) in [6.45, 7) is -0.980. The molecule has 1 fully saturated rings. The predicted octanol–water partition coefficient (Wildman–Crippen LogP) is 1.37. The number of benzene rings is 1. The van der Waals surface area contributed by atoms with Gasteiger partial charge in [-0.1, -0.05) is 6.07 Å². The van der Waals surface area contributed by atoms with Gasteiger partial charge in [0.1, 0.15) is 6.54 Å². The van der Waals surface area contributed by atoms with Crippen molar-refractivity contribution >= 4 is 40.9 Å². The molecule has 1 aromatic carbocycles. The third kappa shape index (κ3) is 4.54. The van der Waals surface area contributed by atoms with Gasteiger partial charge >= 0.3 is 11.9 Å². The van der Waals surface area contributed by atoms with E-state index >= 15 is 0 Å². The zero-order chi connectivity index (χ0) is 19.3. The molecule has 1 N–H and O–H groups in total. The highest BCUT2D eigenvalue weighted by atomic mass is 32.2. The molecule has 2 rings (SSSR count). The van der Waals surface area contributed by atoms with Gasteiger partial charge in [0, 0.05) is 0 Å². The molecule has 0 spiro atoms. The molecule has 0 radical (unpaired) electrons. The van der Waals surface area contributed by atoms with Gasteiger partial charge in [0.2, 0.25) is 0 Å². The van der Waals surface area contributed by atoms with E-state index < -0.39 is 36.2 Å². The van der Waals surface area contributed by atoms with Gasteiger partial charge in [-0.3, -0.25) is 19.3 Å². The number of carbonyl (C=O) groups excluding carboxylic acids is 3. The van der Waals surface area contributed by atoms with Crippen molar-refractivity contribution in [3.63, 3.8) is 0 Å². The lowest BCUT2D eigenvalue weighted by atomic mass is 10.2. The van der Waals surface area contributed by atoms with Crippen LogP contribution in [0.1, 0.15) is 5.56 Å². The summed E-state index contributed by atoms with van der Waals surface area (Å²) in [4.78, 5) is 46.9. The molecule has 0 saturated carbocycles. The fraction of sp³-hybridized carbons (Fsp3) is 0.250. The van der Waals surface area contributed by atoms with Crippen LogP contribution >= 0.6 is 11.8 Å². The number of ether oxygens (including phenoxy) is 3. The van der Waals surface area contributed by atoms with Crippen LogP contribution < -0.4 is 9.47 Å². The Morgan fingerprint density at radius 3 is 2.58 bits per heavy atom. The van der Waals surface area contributed by atoms with Gasteiger partial charge in [-0.25, -0.2) is 4.79 Å². The Labute approximate surface area is 152 Å². The highest BCUT2D eigenvalue weighted by Gasteiger charge is 2.36. The third-order valence-electron chi connectivity index (χ3n) is 3.23. The average molecular weight is 381 g/mol. The van der Waals surface area contributed by atoms with Crippen LogP contribution in [0.15, 0.2) is 23.1 Å². The number of carboxylic acid groups (broad SMARTS) is 1. The number of carbonyl (C=O) groups is 4. The lowest BCUT2D eigenvalue weighted by Gasteiger charge is -2.10. The van der Waals surface area contributed by atoms with Gasteiger partial charge in [-0.15, -0.1) is 0 Å². The van der Waals surface area contributed by atoms with E-state index in [-0.39, 0.29) is 16.4 Å². The van der Waals surface area contributed by atoms with Crippen molar-refractivity contribution in [2.75, 3.05) is 27.4 Å². The molecule has 0 aliphatic carbocycles. The lowest BCUT2D eigenvalue weighted by Crippen LogP contribution is -2.34. The number of methoxy groups -OCH3 is 2. The number of aliphatic carboxylic acids is 1. The maximum Gasteiger partial charge on any atom is 0.341 e. The summed E-state index contributed by atoms with van der Waals surface area (Å²) in [5.41, 5.74) is 0.535. The molecule has 1 aliphatic heterocycles. The van der Waals surface area contributed by atoms with Crippen molar-refractivity contribution in [2.24, 2.45) is 0 Å². The van der Waals surface area contributed by atoms with E-state index in [1.807, 2.05) is 0 Å². The van der Waals surface area contributed by atoms with Crippen LogP contribution in [-0.4, -0.2) is 60.5 Å². The van der Waals surface area contributed by atoms with Crippen LogP contribution in [0.4, 0.5) is 4.79 Å². The SMILES string of the molecule is COC(=O)CN1C(=O)S/C(=C\c2ccc(OCC(=O)O)c(OC)c2)C1=O. The van der Waals surface area contributed by atoms with Crippen molar-refractivity contribution < 1.29 is 38.5 Å². The smallest absolute Gasteiger partial charge is 0.341 e. The second-order valence-corrected chi connectivity index (χ2v) is 5.93. The Morgan fingerprint density at radius 2 is 1.96 bits per heavy atom. The molecule has 0 atom stereocenters. The standard InChI is InChI=1S/C16H15NO8S/c1-23-11-5-9(3-4-10(11)25-8-13(18)19)6-12-15(21)17(16(22)26-12)7-14(20)24-2/h3-6H,7-8H2,1-2H3,(H,18,19)/b12-6-. The highest BCUT2D eigenvalue weighted by molar-refractivity contribution is 8.18. The molecule has 10 heteroatoms. The number of thioether (sulfide) groups is 1. The third-order valence-corrected chi connectivity index (χ3v) is 4.13. The zero-order valence-electron chi connectivity index (χ0n) is 13.9. The van der Waals surface area contributed by atoms with Crippen LogP contribution in [0.5, 0.6) is 11.5 Å². The summed E-state index contributed by atoms with van der Waals surface area (Å²) in [5, 5.41) is 8.09. The number of amides is 2. The van der Waals surface area contributed by atoms with Crippen LogP contribution in [0.3, 0.4) is 0 Å². The number of esters is 1. The minimum atomic E-state index is -1.13. The number of rotatable bonds is 7. The summed E-state index contributed by atoms with van der Waals surface area (Å²) in [6, 6.07) is 4.60. The van der Waals surface area contributed by atoms with Crippen LogP contribution in [0.25, 0.3) is 6.08 Å². The first-order chi connectivity index (χ1) is 12.3. The first kappa shape index (κ1) is 19.3. The van der Waals surface area contributed by atoms with Crippen molar-refractivity contribution in [2.45, 2.75) is 0 Å². The Balaban J connectivity index is 2.21. The molecule has 1 heterocycles. The van der Waals surface area contributed by atoms with Crippen molar-refractivity contribution in [3.05, 3.63) is 28.7 Å². The van der Waals surface area contributed by atoms with Crippen molar-refractivity contribution in [1.82, 2.24) is 4.90 Å². The summed E-state index contributed by atoms with van der Waals surface area (Å²) < 4.78 is 14.7. The van der Waals surface area contributed by atoms with Crippen LogP contribution in [0, 0.1) is 0 Å². The number of imide groups is 1. The Bertz CT molecular complexity index is 788. The van der Waals surface area contributed by atoms with E-state index in [0.717, 1.165) is 12.0 Å². The molecule has 2 amide bonds. The van der Waals surface area contributed by atoms with Crippen LogP contribution in [-0.2, 0) is 19.1 Å². The Hall–Kier alpha value is -3.01. The first-order valence-corrected chi connectivity index (χ1v) is 8.02. The van der Waals surface area contributed by atoms with E-state index in [1.54, 1.807) is 6.07 Å².